The number of hydrogen-bond donors (Lipinski definition) is 3. The molecule has 0 bridgehead atoms. The maximum atomic E-state index is 11.1. The number of rotatable bonds is 8. The summed E-state index contributed by atoms with van der Waals surface area (Å²) in [7, 11) is 0. The molecule has 0 aromatic heterocycles. The molecule has 6 heteroatoms. The minimum absolute atomic E-state index is 0.0700. The van der Waals surface area contributed by atoms with Crippen LogP contribution < -0.4 is 16.9 Å². The first kappa shape index (κ1) is 16.1. The average molecular weight is 278 g/mol. The van der Waals surface area contributed by atoms with Crippen LogP contribution in [0.5, 0.6) is 0 Å². The zero-order valence-electron chi connectivity index (χ0n) is 11.6. The monoisotopic (exact) mass is 278 g/mol. The van der Waals surface area contributed by atoms with E-state index in [2.05, 4.69) is 17.1 Å². The van der Waals surface area contributed by atoms with Crippen molar-refractivity contribution in [3.05, 3.63) is 36.1 Å². The lowest BCUT2D eigenvalue weighted by Gasteiger charge is -2.13. The molecule has 1 aliphatic heterocycles. The minimum atomic E-state index is -0.0700. The SMILES string of the molecule is C=C(/C=C\C(=C/CN)C1=NNC(=O)CC1)OCCCN. The lowest BCUT2D eigenvalue weighted by molar-refractivity contribution is -0.121. The van der Waals surface area contributed by atoms with Crippen molar-refractivity contribution in [3.8, 4) is 0 Å². The molecule has 0 saturated carbocycles. The van der Waals surface area contributed by atoms with Crippen LogP contribution in [0.1, 0.15) is 19.3 Å². The molecule has 110 valence electrons. The number of nitrogens with two attached hydrogens (primary N) is 2. The predicted octanol–water partition coefficient (Wildman–Crippen LogP) is 0.573. The van der Waals surface area contributed by atoms with Gasteiger partial charge >= 0.3 is 0 Å². The van der Waals surface area contributed by atoms with Crippen LogP contribution in [-0.4, -0.2) is 31.3 Å². The van der Waals surface area contributed by atoms with Gasteiger partial charge in [-0.3, -0.25) is 4.79 Å². The van der Waals surface area contributed by atoms with E-state index >= 15 is 0 Å². The van der Waals surface area contributed by atoms with E-state index in [4.69, 9.17) is 16.2 Å². The Balaban J connectivity index is 2.61. The molecular formula is C14H22N4O2. The van der Waals surface area contributed by atoms with Crippen LogP contribution >= 0.6 is 0 Å². The van der Waals surface area contributed by atoms with Crippen molar-refractivity contribution in [1.82, 2.24) is 5.43 Å². The van der Waals surface area contributed by atoms with E-state index in [1.165, 1.54) is 0 Å². The van der Waals surface area contributed by atoms with Gasteiger partial charge in [0.15, 0.2) is 0 Å². The molecule has 0 unspecified atom stereocenters. The Labute approximate surface area is 119 Å². The first-order chi connectivity index (χ1) is 9.67. The highest BCUT2D eigenvalue weighted by molar-refractivity contribution is 6.05. The van der Waals surface area contributed by atoms with Gasteiger partial charge < -0.3 is 16.2 Å². The minimum Gasteiger partial charge on any atom is -0.494 e. The largest absolute Gasteiger partial charge is 0.494 e. The fourth-order valence-corrected chi connectivity index (χ4v) is 1.61. The van der Waals surface area contributed by atoms with Gasteiger partial charge in [-0.15, -0.1) is 0 Å². The van der Waals surface area contributed by atoms with E-state index in [1.54, 1.807) is 6.08 Å². The van der Waals surface area contributed by atoms with Crippen molar-refractivity contribution in [2.75, 3.05) is 19.7 Å². The molecule has 1 rings (SSSR count). The predicted molar refractivity (Wildman–Crippen MR) is 79.9 cm³/mol. The van der Waals surface area contributed by atoms with Crippen LogP contribution in [0.15, 0.2) is 41.2 Å². The van der Waals surface area contributed by atoms with Gasteiger partial charge in [0.05, 0.1) is 12.3 Å². The number of allylic oxidation sites excluding steroid dienone is 3. The summed E-state index contributed by atoms with van der Waals surface area (Å²) in [5.41, 5.74) is 15.1. The molecule has 0 aliphatic carbocycles. The topological polar surface area (TPSA) is 103 Å². The molecule has 6 nitrogen and oxygen atoms in total. The summed E-state index contributed by atoms with van der Waals surface area (Å²) in [5, 5.41) is 4.04. The molecule has 0 saturated heterocycles. The van der Waals surface area contributed by atoms with Crippen LogP contribution in [0.2, 0.25) is 0 Å². The summed E-state index contributed by atoms with van der Waals surface area (Å²) >= 11 is 0. The zero-order chi connectivity index (χ0) is 14.8. The molecule has 1 aliphatic rings. The Kier molecular flexibility index (Phi) is 7.31. The Morgan fingerprint density at radius 3 is 2.80 bits per heavy atom. The first-order valence-corrected chi connectivity index (χ1v) is 6.63. The van der Waals surface area contributed by atoms with E-state index in [9.17, 15) is 4.79 Å². The molecule has 0 radical (unpaired) electrons. The molecule has 1 amide bonds. The fourth-order valence-electron chi connectivity index (χ4n) is 1.61. The lowest BCUT2D eigenvalue weighted by atomic mass is 10.0. The second-order valence-corrected chi connectivity index (χ2v) is 4.28. The van der Waals surface area contributed by atoms with Gasteiger partial charge in [-0.1, -0.05) is 12.7 Å². The molecule has 5 N–H and O–H groups in total. The van der Waals surface area contributed by atoms with Crippen molar-refractivity contribution in [2.24, 2.45) is 16.6 Å². The number of nitrogens with zero attached hydrogens (tertiary/aromatic N) is 1. The van der Waals surface area contributed by atoms with Gasteiger partial charge in [0.25, 0.3) is 0 Å². The van der Waals surface area contributed by atoms with Gasteiger partial charge in [-0.05, 0) is 30.7 Å². The Morgan fingerprint density at radius 2 is 2.20 bits per heavy atom. The Bertz CT molecular complexity index is 438. The van der Waals surface area contributed by atoms with E-state index in [1.807, 2.05) is 12.2 Å². The summed E-state index contributed by atoms with van der Waals surface area (Å²) < 4.78 is 5.39. The van der Waals surface area contributed by atoms with Crippen molar-refractivity contribution >= 4 is 11.6 Å². The second-order valence-electron chi connectivity index (χ2n) is 4.28. The molecule has 0 atom stereocenters. The molecule has 1 heterocycles. The van der Waals surface area contributed by atoms with Crippen molar-refractivity contribution in [2.45, 2.75) is 19.3 Å². The molecular weight excluding hydrogens is 256 g/mol. The summed E-state index contributed by atoms with van der Waals surface area (Å²) in [6, 6.07) is 0. The highest BCUT2D eigenvalue weighted by atomic mass is 16.5. The van der Waals surface area contributed by atoms with E-state index in [0.29, 0.717) is 38.3 Å². The van der Waals surface area contributed by atoms with Gasteiger partial charge in [-0.25, -0.2) is 5.43 Å². The summed E-state index contributed by atoms with van der Waals surface area (Å²) in [6.45, 7) is 5.33. The van der Waals surface area contributed by atoms with E-state index in [-0.39, 0.29) is 5.91 Å². The normalized spacial score (nSPS) is 16.0. The van der Waals surface area contributed by atoms with Gasteiger partial charge in [0, 0.05) is 19.4 Å². The first-order valence-electron chi connectivity index (χ1n) is 6.63. The van der Waals surface area contributed by atoms with Gasteiger partial charge in [-0.2, -0.15) is 5.10 Å². The number of hydrogen-bond acceptors (Lipinski definition) is 5. The van der Waals surface area contributed by atoms with Crippen LogP contribution in [0.4, 0.5) is 0 Å². The number of hydrazone groups is 1. The number of nitrogens with one attached hydrogen (secondary N) is 1. The standard InChI is InChI=1S/C14H22N4O2/c1-11(20-10-2-8-15)3-4-12(7-9-16)13-5-6-14(19)18-17-13/h3-4,7H,1-2,5-6,8-10,15-16H2,(H,18,19)/b4-3-,12-7+. The average Bonchev–Trinajstić information content (AvgIpc) is 2.45. The van der Waals surface area contributed by atoms with Crippen LogP contribution in [0, 0.1) is 0 Å². The summed E-state index contributed by atoms with van der Waals surface area (Å²) in [4.78, 5) is 11.1. The Morgan fingerprint density at radius 1 is 1.40 bits per heavy atom. The highest BCUT2D eigenvalue weighted by Gasteiger charge is 2.13. The molecule has 0 aromatic rings. The number of carbonyl (C=O) groups is 1. The van der Waals surface area contributed by atoms with Crippen LogP contribution in [-0.2, 0) is 9.53 Å². The Hall–Kier alpha value is -1.92. The van der Waals surface area contributed by atoms with Crippen LogP contribution in [0.25, 0.3) is 0 Å². The zero-order valence-corrected chi connectivity index (χ0v) is 11.6. The molecule has 0 spiro atoms. The summed E-state index contributed by atoms with van der Waals surface area (Å²) in [6.07, 6.45) is 7.27. The third-order valence-corrected chi connectivity index (χ3v) is 2.66. The third kappa shape index (κ3) is 5.81. The molecule has 0 aromatic carbocycles. The summed E-state index contributed by atoms with van der Waals surface area (Å²) in [5.74, 6) is 0.487. The molecule has 0 fully saturated rings. The van der Waals surface area contributed by atoms with E-state index < -0.39 is 0 Å². The lowest BCUT2D eigenvalue weighted by Crippen LogP contribution is -2.26. The van der Waals surface area contributed by atoms with E-state index in [0.717, 1.165) is 17.7 Å². The van der Waals surface area contributed by atoms with Gasteiger partial charge in [0.2, 0.25) is 5.91 Å². The highest BCUT2D eigenvalue weighted by Crippen LogP contribution is 2.11. The maximum absolute atomic E-state index is 11.1. The van der Waals surface area contributed by atoms with Crippen LogP contribution in [0.3, 0.4) is 0 Å². The smallest absolute Gasteiger partial charge is 0.240 e. The van der Waals surface area contributed by atoms with Crippen molar-refractivity contribution < 1.29 is 9.53 Å². The third-order valence-electron chi connectivity index (χ3n) is 2.66. The number of amides is 1. The van der Waals surface area contributed by atoms with Gasteiger partial charge in [0.1, 0.15) is 5.76 Å². The quantitative estimate of drug-likeness (QED) is 0.343. The molecule has 20 heavy (non-hydrogen) atoms. The fraction of sp³-hybridized carbons (Fsp3) is 0.429. The van der Waals surface area contributed by atoms with Crippen molar-refractivity contribution in [3.63, 3.8) is 0 Å². The number of ether oxygens (including phenoxy) is 1. The number of carbonyl (C=O) groups excluding carboxylic acids is 1. The maximum Gasteiger partial charge on any atom is 0.240 e. The van der Waals surface area contributed by atoms with Crippen molar-refractivity contribution in [1.29, 1.82) is 0 Å². The second kappa shape index (κ2) is 9.06.